The summed E-state index contributed by atoms with van der Waals surface area (Å²) in [5.74, 6) is -1.10. The van der Waals surface area contributed by atoms with Crippen LogP contribution < -0.4 is 4.31 Å². The van der Waals surface area contributed by atoms with Gasteiger partial charge in [-0.2, -0.15) is 0 Å². The number of ether oxygens (including phenoxy) is 1. The molecule has 0 aliphatic carbocycles. The van der Waals surface area contributed by atoms with E-state index in [4.69, 9.17) is 9.16 Å². The first-order valence-electron chi connectivity index (χ1n) is 13.4. The molecule has 0 fully saturated rings. The van der Waals surface area contributed by atoms with Gasteiger partial charge in [0, 0.05) is 30.7 Å². The average Bonchev–Trinajstić information content (AvgIpc) is 2.85. The number of esters is 1. The summed E-state index contributed by atoms with van der Waals surface area (Å²) in [7, 11) is -3.36. The van der Waals surface area contributed by atoms with E-state index in [9.17, 15) is 22.4 Å². The Morgan fingerprint density at radius 2 is 1.71 bits per heavy atom. The molecule has 2 rings (SSSR count). The highest BCUT2D eigenvalue weighted by Gasteiger charge is 2.39. The van der Waals surface area contributed by atoms with E-state index in [1.807, 2.05) is 26.9 Å². The van der Waals surface area contributed by atoms with Crippen molar-refractivity contribution < 1.29 is 31.6 Å². The zero-order chi connectivity index (χ0) is 31.3. The maximum absolute atomic E-state index is 13.7. The highest BCUT2D eigenvalue weighted by molar-refractivity contribution is 7.92. The molecule has 9 nitrogen and oxygen atoms in total. The van der Waals surface area contributed by atoms with Crippen molar-refractivity contribution in [1.29, 1.82) is 0 Å². The average molecular weight is 608 g/mol. The van der Waals surface area contributed by atoms with E-state index in [1.54, 1.807) is 12.1 Å². The van der Waals surface area contributed by atoms with Gasteiger partial charge in [-0.25, -0.2) is 27.1 Å². The van der Waals surface area contributed by atoms with Gasteiger partial charge in [-0.15, -0.1) is 0 Å². The molecule has 226 valence electrons. The van der Waals surface area contributed by atoms with Crippen molar-refractivity contribution in [1.82, 2.24) is 9.97 Å². The molecule has 1 aromatic heterocycles. The second-order valence-electron chi connectivity index (χ2n) is 11.8. The number of allylic oxidation sites excluding steroid dienone is 1. The molecule has 0 radical (unpaired) electrons. The van der Waals surface area contributed by atoms with Crippen LogP contribution in [0.3, 0.4) is 0 Å². The molecular formula is C29H42FN3O6SSi. The lowest BCUT2D eigenvalue weighted by Crippen LogP contribution is -2.40. The second-order valence-corrected chi connectivity index (χ2v) is 18.6. The predicted molar refractivity (Wildman–Crippen MR) is 161 cm³/mol. The molecule has 0 N–H and O–H groups in total. The number of benzene rings is 1. The first kappa shape index (κ1) is 34.1. The highest BCUT2D eigenvalue weighted by Crippen LogP contribution is 2.38. The maximum atomic E-state index is 13.7. The number of carbonyl (C=O) groups is 2. The highest BCUT2D eigenvalue weighted by atomic mass is 32.2. The Hall–Kier alpha value is -3.12. The van der Waals surface area contributed by atoms with Crippen molar-refractivity contribution >= 4 is 36.0 Å². The summed E-state index contributed by atoms with van der Waals surface area (Å²) in [5.41, 5.74) is 2.20. The molecule has 0 aliphatic heterocycles. The number of anilines is 1. The van der Waals surface area contributed by atoms with Crippen LogP contribution >= 0.6 is 0 Å². The second kappa shape index (κ2) is 13.2. The van der Waals surface area contributed by atoms with Gasteiger partial charge in [0.1, 0.15) is 12.2 Å². The third-order valence-corrected chi connectivity index (χ3v) is 12.7. The van der Waals surface area contributed by atoms with Crippen LogP contribution in [0.2, 0.25) is 18.1 Å². The number of hydrogen-bond donors (Lipinski definition) is 0. The van der Waals surface area contributed by atoms with Crippen LogP contribution in [0.25, 0.3) is 11.3 Å². The normalized spacial score (nSPS) is 12.8. The van der Waals surface area contributed by atoms with Crippen molar-refractivity contribution in [2.75, 3.05) is 24.7 Å². The van der Waals surface area contributed by atoms with Crippen LogP contribution in [-0.4, -0.2) is 58.9 Å². The van der Waals surface area contributed by atoms with Crippen molar-refractivity contribution in [3.05, 3.63) is 53.2 Å². The van der Waals surface area contributed by atoms with E-state index in [2.05, 4.69) is 30.7 Å². The van der Waals surface area contributed by atoms with E-state index < -0.39 is 30.1 Å². The van der Waals surface area contributed by atoms with Crippen LogP contribution in [0.5, 0.6) is 0 Å². The number of carbonyl (C=O) groups excluding carboxylic acids is 2. The van der Waals surface area contributed by atoms with Gasteiger partial charge in [0.25, 0.3) is 0 Å². The SMILES string of the molecule is COC(=O)C/C(=C\C(=O)CCc1c(-c2ccc(F)cc2)nc(N(C)S(C)(=O)=O)nc1C(C)C)O[Si](C)(C)C(C)(C)C. The van der Waals surface area contributed by atoms with E-state index in [0.717, 1.165) is 10.6 Å². The van der Waals surface area contributed by atoms with Gasteiger partial charge in [0.15, 0.2) is 5.78 Å². The Bertz CT molecular complexity index is 1400. The summed E-state index contributed by atoms with van der Waals surface area (Å²) < 4.78 is 50.4. The van der Waals surface area contributed by atoms with Crippen LogP contribution in [0, 0.1) is 5.82 Å². The molecule has 0 spiro atoms. The third-order valence-electron chi connectivity index (χ3n) is 7.15. The molecule has 0 aliphatic rings. The molecule has 41 heavy (non-hydrogen) atoms. The van der Waals surface area contributed by atoms with E-state index in [-0.39, 0.29) is 47.7 Å². The lowest BCUT2D eigenvalue weighted by Gasteiger charge is -2.37. The minimum atomic E-state index is -3.66. The lowest BCUT2D eigenvalue weighted by atomic mass is 9.94. The molecule has 0 bridgehead atoms. The molecular weight excluding hydrogens is 565 g/mol. The van der Waals surface area contributed by atoms with Gasteiger partial charge in [0.2, 0.25) is 24.3 Å². The first-order valence-corrected chi connectivity index (χ1v) is 18.1. The minimum absolute atomic E-state index is 0.0198. The molecule has 0 saturated carbocycles. The maximum Gasteiger partial charge on any atom is 0.313 e. The van der Waals surface area contributed by atoms with Crippen LogP contribution in [-0.2, 0) is 35.2 Å². The Balaban J connectivity index is 2.57. The number of nitrogens with zero attached hydrogens (tertiary/aromatic N) is 3. The van der Waals surface area contributed by atoms with Crippen LogP contribution in [0.4, 0.5) is 10.3 Å². The Labute approximate surface area is 244 Å². The van der Waals surface area contributed by atoms with Crippen molar-refractivity contribution in [2.24, 2.45) is 0 Å². The van der Waals surface area contributed by atoms with Gasteiger partial charge in [-0.05, 0) is 54.7 Å². The summed E-state index contributed by atoms with van der Waals surface area (Å²) in [6, 6.07) is 5.69. The standard InChI is InChI=1S/C29H42FN3O6SSi/c1-19(2)26-24(16-15-22(34)17-23(18-25(35)38-7)39-41(9,10)29(3,4)5)27(20-11-13-21(30)14-12-20)32-28(31-26)33(6)40(8,36)37/h11-14,17,19H,15-16,18H2,1-10H3/b23-17+. The summed E-state index contributed by atoms with van der Waals surface area (Å²) >= 11 is 0. The fourth-order valence-electron chi connectivity index (χ4n) is 3.66. The molecule has 12 heteroatoms. The van der Waals surface area contributed by atoms with Crippen molar-refractivity contribution in [2.45, 2.75) is 77.9 Å². The van der Waals surface area contributed by atoms with E-state index in [0.29, 0.717) is 22.5 Å². The molecule has 1 aromatic carbocycles. The number of sulfonamides is 1. The minimum Gasteiger partial charge on any atom is -0.546 e. The third kappa shape index (κ3) is 9.19. The lowest BCUT2D eigenvalue weighted by molar-refractivity contribution is -0.140. The first-order chi connectivity index (χ1) is 18.8. The van der Waals surface area contributed by atoms with Crippen molar-refractivity contribution in [3.63, 3.8) is 0 Å². The zero-order valence-corrected chi connectivity index (χ0v) is 27.5. The molecule has 0 unspecified atom stereocenters. The number of halogens is 1. The summed E-state index contributed by atoms with van der Waals surface area (Å²) in [6.07, 6.45) is 2.52. The molecule has 1 heterocycles. The quantitative estimate of drug-likeness (QED) is 0.129. The summed E-state index contributed by atoms with van der Waals surface area (Å²) in [5, 5.41) is -0.153. The van der Waals surface area contributed by atoms with Crippen LogP contribution in [0.15, 0.2) is 36.1 Å². The topological polar surface area (TPSA) is 116 Å². The van der Waals surface area contributed by atoms with Crippen molar-refractivity contribution in [3.8, 4) is 11.3 Å². The fraction of sp³-hybridized carbons (Fsp3) is 0.517. The van der Waals surface area contributed by atoms with Gasteiger partial charge >= 0.3 is 5.97 Å². The smallest absolute Gasteiger partial charge is 0.313 e. The number of hydrogen-bond acceptors (Lipinski definition) is 8. The largest absolute Gasteiger partial charge is 0.546 e. The predicted octanol–water partition coefficient (Wildman–Crippen LogP) is 5.77. The van der Waals surface area contributed by atoms with Gasteiger partial charge in [-0.3, -0.25) is 9.59 Å². The summed E-state index contributed by atoms with van der Waals surface area (Å²) in [6.45, 7) is 14.1. The Kier molecular flexibility index (Phi) is 11.0. The molecule has 0 saturated heterocycles. The zero-order valence-electron chi connectivity index (χ0n) is 25.7. The number of rotatable bonds is 12. The van der Waals surface area contributed by atoms with Gasteiger partial charge in [0.05, 0.1) is 30.5 Å². The monoisotopic (exact) mass is 607 g/mol. The number of ketones is 1. The Morgan fingerprint density at radius 3 is 2.20 bits per heavy atom. The Morgan fingerprint density at radius 1 is 1.12 bits per heavy atom. The van der Waals surface area contributed by atoms with Crippen LogP contribution in [0.1, 0.15) is 64.6 Å². The van der Waals surface area contributed by atoms with E-state index >= 15 is 0 Å². The number of aromatic nitrogens is 2. The number of methoxy groups -OCH3 is 1. The molecule has 0 atom stereocenters. The summed E-state index contributed by atoms with van der Waals surface area (Å²) in [4.78, 5) is 34.4. The van der Waals surface area contributed by atoms with Gasteiger partial charge < -0.3 is 9.16 Å². The van der Waals surface area contributed by atoms with E-state index in [1.165, 1.54) is 32.4 Å². The van der Waals surface area contributed by atoms with Gasteiger partial charge in [-0.1, -0.05) is 34.6 Å². The fourth-order valence-corrected chi connectivity index (χ4v) is 5.13. The molecule has 2 aromatic rings. The molecule has 0 amide bonds.